The van der Waals surface area contributed by atoms with Crippen molar-refractivity contribution >= 4 is 11.8 Å². The molecule has 0 saturated carbocycles. The second-order valence-electron chi connectivity index (χ2n) is 3.86. The number of ketones is 1. The highest BCUT2D eigenvalue weighted by Crippen LogP contribution is 2.24. The van der Waals surface area contributed by atoms with Crippen LogP contribution in [0.3, 0.4) is 0 Å². The van der Waals surface area contributed by atoms with E-state index in [-0.39, 0.29) is 5.56 Å². The molecule has 2 aromatic carbocycles. The van der Waals surface area contributed by atoms with Gasteiger partial charge in [0.05, 0.1) is 14.2 Å². The number of ether oxygens (including phenoxy) is 2. The van der Waals surface area contributed by atoms with Gasteiger partial charge in [0.2, 0.25) is 0 Å². The zero-order valence-corrected chi connectivity index (χ0v) is 11.8. The number of carbonyl (C=O) groups is 2. The summed E-state index contributed by atoms with van der Waals surface area (Å²) in [5.41, 5.74) is 0.208. The van der Waals surface area contributed by atoms with Gasteiger partial charge >= 0.3 is 5.97 Å². The highest BCUT2D eigenvalue weighted by Gasteiger charge is 2.12. The van der Waals surface area contributed by atoms with Crippen molar-refractivity contribution in [1.82, 2.24) is 0 Å². The van der Waals surface area contributed by atoms with E-state index < -0.39 is 11.8 Å². The van der Waals surface area contributed by atoms with Crippen LogP contribution in [0.25, 0.3) is 0 Å². The van der Waals surface area contributed by atoms with Crippen molar-refractivity contribution in [2.45, 2.75) is 0 Å². The summed E-state index contributed by atoms with van der Waals surface area (Å²) >= 11 is 0. The summed E-state index contributed by atoms with van der Waals surface area (Å²) in [6.45, 7) is 0. The van der Waals surface area contributed by atoms with Crippen molar-refractivity contribution in [2.24, 2.45) is 0 Å². The lowest BCUT2D eigenvalue weighted by Gasteiger charge is -2.04. The Balaban J connectivity index is 0.000000211. The summed E-state index contributed by atoms with van der Waals surface area (Å²) in [4.78, 5) is 20.9. The van der Waals surface area contributed by atoms with Gasteiger partial charge < -0.3 is 14.6 Å². The van der Waals surface area contributed by atoms with Gasteiger partial charge in [0.15, 0.2) is 11.5 Å². The second kappa shape index (κ2) is 8.37. The molecule has 1 N–H and O–H groups in total. The van der Waals surface area contributed by atoms with E-state index in [0.717, 1.165) is 11.5 Å². The summed E-state index contributed by atoms with van der Waals surface area (Å²) in [7, 11) is 3.25. The number of Topliss-reactive ketones (excluding diaryl/α,β-unsaturated/α-hetero) is 1. The maximum absolute atomic E-state index is 10.7. The van der Waals surface area contributed by atoms with Gasteiger partial charge in [-0.15, -0.1) is 0 Å². The van der Waals surface area contributed by atoms with Crippen LogP contribution < -0.4 is 9.47 Å². The van der Waals surface area contributed by atoms with Gasteiger partial charge in [-0.25, -0.2) is 4.79 Å². The SMILES string of the molecule is COc1ccccc1OC.O=C(O)C(=O)c1ccccc1. The van der Waals surface area contributed by atoms with E-state index in [0.29, 0.717) is 0 Å². The molecule has 5 heteroatoms. The topological polar surface area (TPSA) is 72.8 Å². The van der Waals surface area contributed by atoms with E-state index >= 15 is 0 Å². The quantitative estimate of drug-likeness (QED) is 0.691. The summed E-state index contributed by atoms with van der Waals surface area (Å²) < 4.78 is 10.0. The molecule has 0 aromatic heterocycles. The molecule has 0 amide bonds. The van der Waals surface area contributed by atoms with Crippen molar-refractivity contribution in [3.05, 3.63) is 60.2 Å². The van der Waals surface area contributed by atoms with Crippen LogP contribution in [0.4, 0.5) is 0 Å². The highest BCUT2D eigenvalue weighted by molar-refractivity contribution is 6.39. The molecule has 0 saturated heterocycles. The van der Waals surface area contributed by atoms with Gasteiger partial charge in [-0.2, -0.15) is 0 Å². The molecule has 0 aliphatic rings. The molecule has 0 spiro atoms. The minimum atomic E-state index is -1.42. The first-order valence-electron chi connectivity index (χ1n) is 6.09. The number of carboxylic acid groups (broad SMARTS) is 1. The molecule has 5 nitrogen and oxygen atoms in total. The summed E-state index contributed by atoms with van der Waals surface area (Å²) in [6, 6.07) is 15.4. The third-order valence-corrected chi connectivity index (χ3v) is 2.52. The van der Waals surface area contributed by atoms with Crippen molar-refractivity contribution in [1.29, 1.82) is 0 Å². The number of carbonyl (C=O) groups excluding carboxylic acids is 1. The smallest absolute Gasteiger partial charge is 0.377 e. The fraction of sp³-hybridized carbons (Fsp3) is 0.125. The molecular formula is C16H16O5. The van der Waals surface area contributed by atoms with Crippen LogP contribution >= 0.6 is 0 Å². The lowest BCUT2D eigenvalue weighted by Crippen LogP contribution is -2.12. The Kier molecular flexibility index (Phi) is 6.47. The molecule has 0 radical (unpaired) electrons. The first-order chi connectivity index (χ1) is 10.1. The fourth-order valence-corrected chi connectivity index (χ4v) is 1.50. The maximum Gasteiger partial charge on any atom is 0.377 e. The lowest BCUT2D eigenvalue weighted by atomic mass is 10.1. The molecule has 2 rings (SSSR count). The highest BCUT2D eigenvalue weighted by atomic mass is 16.5. The average molecular weight is 288 g/mol. The monoisotopic (exact) mass is 288 g/mol. The van der Waals surface area contributed by atoms with Crippen LogP contribution in [0.15, 0.2) is 54.6 Å². The third kappa shape index (κ3) is 4.99. The van der Waals surface area contributed by atoms with Gasteiger partial charge in [-0.1, -0.05) is 42.5 Å². The first-order valence-corrected chi connectivity index (χ1v) is 6.09. The molecule has 0 aliphatic carbocycles. The van der Waals surface area contributed by atoms with Gasteiger partial charge in [-0.05, 0) is 12.1 Å². The van der Waals surface area contributed by atoms with E-state index in [9.17, 15) is 9.59 Å². The van der Waals surface area contributed by atoms with Crippen molar-refractivity contribution in [3.63, 3.8) is 0 Å². The molecule has 21 heavy (non-hydrogen) atoms. The summed E-state index contributed by atoms with van der Waals surface area (Å²) in [5.74, 6) is -0.753. The van der Waals surface area contributed by atoms with Crippen LogP contribution in [0.1, 0.15) is 10.4 Å². The number of hydrogen-bond donors (Lipinski definition) is 1. The molecule has 0 heterocycles. The number of para-hydroxylation sites is 2. The molecular weight excluding hydrogens is 272 g/mol. The van der Waals surface area contributed by atoms with E-state index in [1.165, 1.54) is 12.1 Å². The zero-order valence-electron chi connectivity index (χ0n) is 11.8. The largest absolute Gasteiger partial charge is 0.493 e. The standard InChI is InChI=1S/C8H6O3.C8H10O2/c9-7(8(10)11)6-4-2-1-3-5-6;1-9-7-5-3-4-6-8(7)10-2/h1-5H,(H,10,11);3-6H,1-2H3. The van der Waals surface area contributed by atoms with Crippen LogP contribution in [0.2, 0.25) is 0 Å². The number of methoxy groups -OCH3 is 2. The zero-order chi connectivity index (χ0) is 15.7. The predicted molar refractivity (Wildman–Crippen MR) is 78.0 cm³/mol. The van der Waals surface area contributed by atoms with E-state index in [2.05, 4.69) is 0 Å². The van der Waals surface area contributed by atoms with Crippen molar-refractivity contribution < 1.29 is 24.2 Å². The molecule has 0 atom stereocenters. The Morgan fingerprint density at radius 3 is 1.62 bits per heavy atom. The van der Waals surface area contributed by atoms with Crippen LogP contribution in [0, 0.1) is 0 Å². The number of hydrogen-bond acceptors (Lipinski definition) is 4. The van der Waals surface area contributed by atoms with E-state index in [1.807, 2.05) is 24.3 Å². The van der Waals surface area contributed by atoms with E-state index in [4.69, 9.17) is 14.6 Å². The first kappa shape index (κ1) is 16.2. The number of benzene rings is 2. The minimum absolute atomic E-state index is 0.208. The Bertz CT molecular complexity index is 570. The Morgan fingerprint density at radius 1 is 0.810 bits per heavy atom. The molecule has 0 aliphatic heterocycles. The van der Waals surface area contributed by atoms with Crippen LogP contribution in [-0.4, -0.2) is 31.1 Å². The maximum atomic E-state index is 10.7. The molecule has 2 aromatic rings. The number of rotatable bonds is 4. The summed E-state index contributed by atoms with van der Waals surface area (Å²) in [6.07, 6.45) is 0. The van der Waals surface area contributed by atoms with Crippen LogP contribution in [-0.2, 0) is 4.79 Å². The Hall–Kier alpha value is -2.82. The van der Waals surface area contributed by atoms with Crippen molar-refractivity contribution in [3.8, 4) is 11.5 Å². The minimum Gasteiger partial charge on any atom is -0.493 e. The average Bonchev–Trinajstić information content (AvgIpc) is 2.55. The van der Waals surface area contributed by atoms with Gasteiger partial charge in [0, 0.05) is 5.56 Å². The van der Waals surface area contributed by atoms with Gasteiger partial charge in [0.1, 0.15) is 0 Å². The van der Waals surface area contributed by atoms with Crippen molar-refractivity contribution in [2.75, 3.05) is 14.2 Å². The van der Waals surface area contributed by atoms with Gasteiger partial charge in [-0.3, -0.25) is 4.79 Å². The second-order valence-corrected chi connectivity index (χ2v) is 3.86. The molecule has 110 valence electrons. The molecule has 0 fully saturated rings. The number of aliphatic carboxylic acids is 1. The fourth-order valence-electron chi connectivity index (χ4n) is 1.50. The number of carboxylic acids is 1. The predicted octanol–water partition coefficient (Wildman–Crippen LogP) is 2.66. The summed E-state index contributed by atoms with van der Waals surface area (Å²) in [5, 5.41) is 8.29. The lowest BCUT2D eigenvalue weighted by molar-refractivity contribution is -0.131. The normalized spacial score (nSPS) is 9.05. The Morgan fingerprint density at radius 2 is 1.24 bits per heavy atom. The molecule has 0 unspecified atom stereocenters. The van der Waals surface area contributed by atoms with Crippen LogP contribution in [0.5, 0.6) is 11.5 Å². The van der Waals surface area contributed by atoms with Gasteiger partial charge in [0.25, 0.3) is 5.78 Å². The third-order valence-electron chi connectivity index (χ3n) is 2.52. The molecule has 0 bridgehead atoms. The van der Waals surface area contributed by atoms with E-state index in [1.54, 1.807) is 32.4 Å². The Labute approximate surface area is 122 Å².